The second-order valence-electron chi connectivity index (χ2n) is 6.70. The number of pyridine rings is 1. The van der Waals surface area contributed by atoms with Crippen molar-refractivity contribution in [3.63, 3.8) is 0 Å². The number of likely N-dealkylation sites (N-methyl/N-ethyl adjacent to an activating group) is 1. The highest BCUT2D eigenvalue weighted by Crippen LogP contribution is 2.42. The Bertz CT molecular complexity index is 902. The van der Waals surface area contributed by atoms with Crippen molar-refractivity contribution < 1.29 is 0 Å². The zero-order chi connectivity index (χ0) is 17.4. The van der Waals surface area contributed by atoms with E-state index in [4.69, 9.17) is 11.6 Å². The molecule has 4 heteroatoms. The Morgan fingerprint density at radius 3 is 2.88 bits per heavy atom. The normalized spacial score (nSPS) is 17.5. The number of halogens is 1. The Kier molecular flexibility index (Phi) is 4.63. The lowest BCUT2D eigenvalue weighted by Crippen LogP contribution is -2.30. The largest absolute Gasteiger partial charge is 0.300 e. The first-order chi connectivity index (χ1) is 12.2. The predicted octanol–water partition coefficient (Wildman–Crippen LogP) is 5.60. The Hall–Kier alpha value is -1.68. The molecule has 0 saturated heterocycles. The van der Waals surface area contributed by atoms with Gasteiger partial charge in [0.2, 0.25) is 0 Å². The van der Waals surface area contributed by atoms with E-state index in [2.05, 4.69) is 60.3 Å². The molecule has 0 bridgehead atoms. The summed E-state index contributed by atoms with van der Waals surface area (Å²) in [5.41, 5.74) is 6.50. The topological polar surface area (TPSA) is 16.1 Å². The molecule has 25 heavy (non-hydrogen) atoms. The third kappa shape index (κ3) is 3.24. The van der Waals surface area contributed by atoms with Gasteiger partial charge < -0.3 is 4.90 Å². The van der Waals surface area contributed by atoms with Crippen LogP contribution in [-0.2, 0) is 13.0 Å². The van der Waals surface area contributed by atoms with Crippen LogP contribution in [0.15, 0.2) is 48.8 Å². The predicted molar refractivity (Wildman–Crippen MR) is 107 cm³/mol. The van der Waals surface area contributed by atoms with Crippen molar-refractivity contribution in [1.82, 2.24) is 9.88 Å². The first-order valence-corrected chi connectivity index (χ1v) is 9.85. The van der Waals surface area contributed by atoms with Crippen LogP contribution >= 0.6 is 22.9 Å². The van der Waals surface area contributed by atoms with Crippen molar-refractivity contribution in [2.45, 2.75) is 25.8 Å². The third-order valence-corrected chi connectivity index (χ3v) is 6.21. The summed E-state index contributed by atoms with van der Waals surface area (Å²) in [6.07, 6.45) is 4.93. The van der Waals surface area contributed by atoms with Crippen molar-refractivity contribution in [3.8, 4) is 11.1 Å². The Labute approximate surface area is 158 Å². The van der Waals surface area contributed by atoms with Gasteiger partial charge in [-0.25, -0.2) is 0 Å². The minimum absolute atomic E-state index is 0.346. The van der Waals surface area contributed by atoms with E-state index in [1.54, 1.807) is 11.3 Å². The zero-order valence-electron chi connectivity index (χ0n) is 14.5. The lowest BCUT2D eigenvalue weighted by Gasteiger charge is -2.31. The number of aryl methyl sites for hydroxylation is 1. The fourth-order valence-electron chi connectivity index (χ4n) is 3.70. The van der Waals surface area contributed by atoms with E-state index in [1.807, 2.05) is 12.4 Å². The maximum Gasteiger partial charge on any atom is 0.0934 e. The van der Waals surface area contributed by atoms with Crippen LogP contribution in [-0.4, -0.2) is 23.5 Å². The van der Waals surface area contributed by atoms with Crippen LogP contribution in [0.25, 0.3) is 11.1 Å². The zero-order valence-corrected chi connectivity index (χ0v) is 16.1. The van der Waals surface area contributed by atoms with Gasteiger partial charge in [-0.1, -0.05) is 42.8 Å². The molecule has 1 aromatic carbocycles. The standard InChI is InChI=1S/C21H21ClN2S/c1-3-14-8-15(11-23-10-14)16-6-4-5-7-17(16)19-12-24(2)13-20-18(19)9-21(22)25-20/h4-11,19H,3,12-13H2,1-2H3. The second-order valence-corrected chi connectivity index (χ2v) is 8.47. The maximum atomic E-state index is 6.34. The van der Waals surface area contributed by atoms with Gasteiger partial charge in [0, 0.05) is 41.8 Å². The summed E-state index contributed by atoms with van der Waals surface area (Å²) in [5, 5.41) is 0. The van der Waals surface area contributed by atoms with Crippen LogP contribution in [0.4, 0.5) is 0 Å². The van der Waals surface area contributed by atoms with Crippen LogP contribution < -0.4 is 0 Å². The molecule has 0 saturated carbocycles. The van der Waals surface area contributed by atoms with Crippen molar-refractivity contribution in [3.05, 3.63) is 74.7 Å². The monoisotopic (exact) mass is 368 g/mol. The molecule has 1 aliphatic rings. The minimum Gasteiger partial charge on any atom is -0.300 e. The molecule has 2 nitrogen and oxygen atoms in total. The molecule has 0 N–H and O–H groups in total. The molecule has 128 valence electrons. The van der Waals surface area contributed by atoms with Gasteiger partial charge >= 0.3 is 0 Å². The van der Waals surface area contributed by atoms with Gasteiger partial charge in [-0.05, 0) is 47.9 Å². The average molecular weight is 369 g/mol. The third-order valence-electron chi connectivity index (χ3n) is 4.95. The van der Waals surface area contributed by atoms with E-state index in [9.17, 15) is 0 Å². The van der Waals surface area contributed by atoms with E-state index >= 15 is 0 Å². The molecule has 0 spiro atoms. The van der Waals surface area contributed by atoms with Gasteiger partial charge in [-0.15, -0.1) is 11.3 Å². The van der Waals surface area contributed by atoms with Gasteiger partial charge in [0.15, 0.2) is 0 Å². The summed E-state index contributed by atoms with van der Waals surface area (Å²) in [4.78, 5) is 8.23. The molecule has 4 rings (SSSR count). The average Bonchev–Trinajstić information content (AvgIpc) is 3.01. The highest BCUT2D eigenvalue weighted by Gasteiger charge is 2.28. The molecule has 0 aliphatic carbocycles. The van der Waals surface area contributed by atoms with Crippen LogP contribution in [0.1, 0.15) is 34.4 Å². The number of thiophene rings is 1. The summed E-state index contributed by atoms with van der Waals surface area (Å²) in [6, 6.07) is 13.2. The highest BCUT2D eigenvalue weighted by molar-refractivity contribution is 7.16. The smallest absolute Gasteiger partial charge is 0.0934 e. The molecular weight excluding hydrogens is 348 g/mol. The lowest BCUT2D eigenvalue weighted by atomic mass is 9.84. The van der Waals surface area contributed by atoms with E-state index in [0.717, 1.165) is 23.8 Å². The number of rotatable bonds is 3. The van der Waals surface area contributed by atoms with E-state index in [-0.39, 0.29) is 0 Å². The van der Waals surface area contributed by atoms with Gasteiger partial charge in [0.25, 0.3) is 0 Å². The fourth-order valence-corrected chi connectivity index (χ4v) is 5.13. The molecule has 1 atom stereocenters. The summed E-state index contributed by atoms with van der Waals surface area (Å²) in [7, 11) is 2.19. The highest BCUT2D eigenvalue weighted by atomic mass is 35.5. The molecule has 1 unspecified atom stereocenters. The van der Waals surface area contributed by atoms with Gasteiger partial charge in [-0.3, -0.25) is 4.98 Å². The number of nitrogens with zero attached hydrogens (tertiary/aromatic N) is 2. The van der Waals surface area contributed by atoms with E-state index in [0.29, 0.717) is 5.92 Å². The number of hydrogen-bond donors (Lipinski definition) is 0. The van der Waals surface area contributed by atoms with Gasteiger partial charge in [-0.2, -0.15) is 0 Å². The second kappa shape index (κ2) is 6.91. The molecule has 2 aromatic heterocycles. The number of fused-ring (bicyclic) bond motifs is 1. The Morgan fingerprint density at radius 2 is 2.04 bits per heavy atom. The molecule has 3 aromatic rings. The van der Waals surface area contributed by atoms with Gasteiger partial charge in [0.05, 0.1) is 4.34 Å². The lowest BCUT2D eigenvalue weighted by molar-refractivity contribution is 0.299. The van der Waals surface area contributed by atoms with Crippen molar-refractivity contribution in [2.75, 3.05) is 13.6 Å². The molecule has 3 heterocycles. The summed E-state index contributed by atoms with van der Waals surface area (Å²) < 4.78 is 0.887. The van der Waals surface area contributed by atoms with Crippen LogP contribution in [0.5, 0.6) is 0 Å². The van der Waals surface area contributed by atoms with Crippen molar-refractivity contribution in [2.24, 2.45) is 0 Å². The Morgan fingerprint density at radius 1 is 1.20 bits per heavy atom. The van der Waals surface area contributed by atoms with Crippen LogP contribution in [0.3, 0.4) is 0 Å². The fraction of sp³-hybridized carbons (Fsp3) is 0.286. The quantitative estimate of drug-likeness (QED) is 0.597. The number of hydrogen-bond acceptors (Lipinski definition) is 3. The SMILES string of the molecule is CCc1cncc(-c2ccccc2C2CN(C)Cc3sc(Cl)cc32)c1. The summed E-state index contributed by atoms with van der Waals surface area (Å²) >= 11 is 8.05. The molecule has 1 aliphatic heterocycles. The van der Waals surface area contributed by atoms with E-state index in [1.165, 1.54) is 32.7 Å². The number of aromatic nitrogens is 1. The van der Waals surface area contributed by atoms with Crippen LogP contribution in [0, 0.1) is 0 Å². The molecular formula is C21H21ClN2S. The Balaban J connectivity index is 1.84. The summed E-state index contributed by atoms with van der Waals surface area (Å²) in [5.74, 6) is 0.346. The van der Waals surface area contributed by atoms with Crippen LogP contribution in [0.2, 0.25) is 4.34 Å². The first kappa shape index (κ1) is 16.8. The van der Waals surface area contributed by atoms with Crippen molar-refractivity contribution >= 4 is 22.9 Å². The first-order valence-electron chi connectivity index (χ1n) is 8.65. The van der Waals surface area contributed by atoms with Gasteiger partial charge in [0.1, 0.15) is 0 Å². The molecule has 0 amide bonds. The molecule has 0 radical (unpaired) electrons. The minimum atomic E-state index is 0.346. The summed E-state index contributed by atoms with van der Waals surface area (Å²) in [6.45, 7) is 4.17. The number of benzene rings is 1. The van der Waals surface area contributed by atoms with E-state index < -0.39 is 0 Å². The van der Waals surface area contributed by atoms with Crippen molar-refractivity contribution in [1.29, 1.82) is 0 Å². The maximum absolute atomic E-state index is 6.34. The molecule has 0 fully saturated rings.